The Morgan fingerprint density at radius 3 is 2.77 bits per heavy atom. The number of nitrogens with one attached hydrogen (secondary N) is 2. The predicted octanol–water partition coefficient (Wildman–Crippen LogP) is 0.796. The van der Waals surface area contributed by atoms with Gasteiger partial charge in [0.2, 0.25) is 11.7 Å². The summed E-state index contributed by atoms with van der Waals surface area (Å²) >= 11 is 6.17. The zero-order valence-corrected chi connectivity index (χ0v) is 17.0. The van der Waals surface area contributed by atoms with Crippen molar-refractivity contribution in [1.29, 1.82) is 0 Å². The van der Waals surface area contributed by atoms with Crippen LogP contribution < -0.4 is 16.6 Å². The second-order valence-corrected chi connectivity index (χ2v) is 6.79. The Hall–Kier alpha value is -3.73. The van der Waals surface area contributed by atoms with Gasteiger partial charge in [0.05, 0.1) is 29.1 Å². The highest BCUT2D eigenvalue weighted by Crippen LogP contribution is 2.21. The van der Waals surface area contributed by atoms with Crippen LogP contribution in [-0.4, -0.2) is 44.4 Å². The average Bonchev–Trinajstić information content (AvgIpc) is 3.11. The molecule has 10 nitrogen and oxygen atoms in total. The lowest BCUT2D eigenvalue weighted by atomic mass is 10.3. The third-order valence-corrected chi connectivity index (χ3v) is 4.38. The summed E-state index contributed by atoms with van der Waals surface area (Å²) in [5.74, 6) is -2.50. The number of halogens is 2. The molecule has 0 atom stereocenters. The standard InChI is InChI=1S/C19H17ClFN5O5/c1-11-8-15(26(24-11)14-5-3-2-4-12(14)20)18(29)31-7-6-22-16(27)10-25-9-13(21)17(28)23-19(25)30/h2-5,8-9H,6-7,10H2,1H3,(H,22,27)(H,23,28,30). The van der Waals surface area contributed by atoms with E-state index in [1.54, 1.807) is 42.2 Å². The molecule has 0 unspecified atom stereocenters. The number of carbonyl (C=O) groups excluding carboxylic acids is 2. The molecule has 2 aromatic heterocycles. The first-order valence-corrected chi connectivity index (χ1v) is 9.38. The number of nitrogens with zero attached hydrogens (tertiary/aromatic N) is 3. The second-order valence-electron chi connectivity index (χ2n) is 6.38. The number of para-hydroxylation sites is 1. The SMILES string of the molecule is Cc1cc(C(=O)OCCNC(=O)Cn2cc(F)c(=O)[nH]c2=O)n(-c2ccccc2Cl)n1. The van der Waals surface area contributed by atoms with Crippen LogP contribution in [0.15, 0.2) is 46.1 Å². The van der Waals surface area contributed by atoms with Gasteiger partial charge in [-0.15, -0.1) is 0 Å². The summed E-state index contributed by atoms with van der Waals surface area (Å²) in [5.41, 5.74) is -0.835. The monoisotopic (exact) mass is 449 g/mol. The number of H-pyrrole nitrogens is 1. The van der Waals surface area contributed by atoms with Crippen molar-refractivity contribution in [1.82, 2.24) is 24.6 Å². The normalized spacial score (nSPS) is 10.7. The van der Waals surface area contributed by atoms with Crippen LogP contribution in [0.2, 0.25) is 5.02 Å². The molecule has 31 heavy (non-hydrogen) atoms. The molecule has 0 bridgehead atoms. The molecule has 0 saturated carbocycles. The lowest BCUT2D eigenvalue weighted by molar-refractivity contribution is -0.121. The molecular formula is C19H17ClFN5O5. The van der Waals surface area contributed by atoms with E-state index in [1.807, 2.05) is 0 Å². The first kappa shape index (κ1) is 22.0. The number of amides is 1. The van der Waals surface area contributed by atoms with E-state index >= 15 is 0 Å². The minimum atomic E-state index is -1.19. The third kappa shape index (κ3) is 5.25. The molecule has 0 radical (unpaired) electrons. The van der Waals surface area contributed by atoms with Gasteiger partial charge in [-0.3, -0.25) is 19.1 Å². The summed E-state index contributed by atoms with van der Waals surface area (Å²) in [6.45, 7) is 0.988. The van der Waals surface area contributed by atoms with E-state index in [9.17, 15) is 23.6 Å². The Morgan fingerprint density at radius 2 is 2.03 bits per heavy atom. The van der Waals surface area contributed by atoms with Gasteiger partial charge in [-0.05, 0) is 25.1 Å². The van der Waals surface area contributed by atoms with E-state index in [1.165, 1.54) is 4.68 Å². The number of hydrogen-bond acceptors (Lipinski definition) is 6. The lowest BCUT2D eigenvalue weighted by Crippen LogP contribution is -2.37. The van der Waals surface area contributed by atoms with Gasteiger partial charge in [0.25, 0.3) is 5.56 Å². The molecule has 2 heterocycles. The molecule has 0 saturated heterocycles. The molecule has 3 rings (SSSR count). The number of ether oxygens (including phenoxy) is 1. The van der Waals surface area contributed by atoms with Crippen LogP contribution in [0.3, 0.4) is 0 Å². The summed E-state index contributed by atoms with van der Waals surface area (Å²) in [6.07, 6.45) is 0.638. The van der Waals surface area contributed by atoms with Crippen LogP contribution in [0, 0.1) is 12.7 Å². The van der Waals surface area contributed by atoms with Gasteiger partial charge in [0, 0.05) is 0 Å². The fourth-order valence-corrected chi connectivity index (χ4v) is 2.89. The van der Waals surface area contributed by atoms with Crippen LogP contribution in [0.5, 0.6) is 0 Å². The first-order valence-electron chi connectivity index (χ1n) is 9.01. The number of aromatic nitrogens is 4. The second kappa shape index (κ2) is 9.39. The van der Waals surface area contributed by atoms with Crippen molar-refractivity contribution >= 4 is 23.5 Å². The third-order valence-electron chi connectivity index (χ3n) is 4.06. The van der Waals surface area contributed by atoms with Gasteiger partial charge < -0.3 is 10.1 Å². The number of aryl methyl sites for hydroxylation is 1. The van der Waals surface area contributed by atoms with Crippen molar-refractivity contribution in [3.05, 3.63) is 79.6 Å². The van der Waals surface area contributed by atoms with E-state index < -0.39 is 35.5 Å². The maximum Gasteiger partial charge on any atom is 0.357 e. The highest BCUT2D eigenvalue weighted by atomic mass is 35.5. The molecule has 0 aliphatic heterocycles. The zero-order chi connectivity index (χ0) is 22.5. The fraction of sp³-hybridized carbons (Fsp3) is 0.211. The molecule has 3 aromatic rings. The van der Waals surface area contributed by atoms with Crippen LogP contribution >= 0.6 is 11.6 Å². The number of rotatable bonds is 7. The van der Waals surface area contributed by atoms with Crippen molar-refractivity contribution in [3.8, 4) is 5.69 Å². The molecule has 0 aliphatic carbocycles. The number of esters is 1. The Balaban J connectivity index is 1.56. The molecule has 0 aliphatic rings. The highest BCUT2D eigenvalue weighted by Gasteiger charge is 2.18. The highest BCUT2D eigenvalue weighted by molar-refractivity contribution is 6.32. The van der Waals surface area contributed by atoms with Crippen LogP contribution in [0.1, 0.15) is 16.2 Å². The predicted molar refractivity (Wildman–Crippen MR) is 108 cm³/mol. The maximum atomic E-state index is 13.2. The van der Waals surface area contributed by atoms with Crippen molar-refractivity contribution < 1.29 is 18.7 Å². The number of benzene rings is 1. The Labute approximate surface area is 179 Å². The Kier molecular flexibility index (Phi) is 6.65. The van der Waals surface area contributed by atoms with Gasteiger partial charge in [0.1, 0.15) is 13.2 Å². The lowest BCUT2D eigenvalue weighted by Gasteiger charge is -2.10. The summed E-state index contributed by atoms with van der Waals surface area (Å²) in [4.78, 5) is 48.7. The van der Waals surface area contributed by atoms with Gasteiger partial charge in [0.15, 0.2) is 5.69 Å². The van der Waals surface area contributed by atoms with E-state index in [0.29, 0.717) is 27.2 Å². The maximum absolute atomic E-state index is 13.2. The largest absolute Gasteiger partial charge is 0.459 e. The Bertz CT molecular complexity index is 1250. The van der Waals surface area contributed by atoms with Gasteiger partial charge in [-0.25, -0.2) is 14.3 Å². The first-order chi connectivity index (χ1) is 14.8. The van der Waals surface area contributed by atoms with Crippen molar-refractivity contribution in [3.63, 3.8) is 0 Å². The number of aromatic amines is 1. The van der Waals surface area contributed by atoms with E-state index in [0.717, 1.165) is 0 Å². The van der Waals surface area contributed by atoms with Crippen LogP contribution in [-0.2, 0) is 16.1 Å². The van der Waals surface area contributed by atoms with Gasteiger partial charge >= 0.3 is 11.7 Å². The molecule has 1 amide bonds. The van der Waals surface area contributed by atoms with Crippen molar-refractivity contribution in [2.24, 2.45) is 0 Å². The quantitative estimate of drug-likeness (QED) is 0.405. The average molecular weight is 450 g/mol. The minimum absolute atomic E-state index is 0.0512. The van der Waals surface area contributed by atoms with Crippen molar-refractivity contribution in [2.75, 3.05) is 13.2 Å². The molecule has 162 valence electrons. The smallest absolute Gasteiger partial charge is 0.357 e. The van der Waals surface area contributed by atoms with E-state index in [2.05, 4.69) is 10.4 Å². The summed E-state index contributed by atoms with van der Waals surface area (Å²) in [7, 11) is 0. The zero-order valence-electron chi connectivity index (χ0n) is 16.2. The topological polar surface area (TPSA) is 128 Å². The molecule has 0 fully saturated rings. The molecule has 2 N–H and O–H groups in total. The fourth-order valence-electron chi connectivity index (χ4n) is 2.67. The Morgan fingerprint density at radius 1 is 1.29 bits per heavy atom. The molecule has 1 aromatic carbocycles. The molecule has 12 heteroatoms. The molecular weight excluding hydrogens is 433 g/mol. The minimum Gasteiger partial charge on any atom is -0.459 e. The summed E-state index contributed by atoms with van der Waals surface area (Å²) in [6, 6.07) is 8.41. The molecule has 0 spiro atoms. The van der Waals surface area contributed by atoms with Gasteiger partial charge in [-0.2, -0.15) is 9.49 Å². The number of hydrogen-bond donors (Lipinski definition) is 2. The van der Waals surface area contributed by atoms with Crippen LogP contribution in [0.25, 0.3) is 5.69 Å². The van der Waals surface area contributed by atoms with E-state index in [4.69, 9.17) is 16.3 Å². The van der Waals surface area contributed by atoms with Crippen LogP contribution in [0.4, 0.5) is 4.39 Å². The number of carbonyl (C=O) groups is 2. The summed E-state index contributed by atoms with van der Waals surface area (Å²) < 4.78 is 20.5. The van der Waals surface area contributed by atoms with Gasteiger partial charge in [-0.1, -0.05) is 23.7 Å². The van der Waals surface area contributed by atoms with E-state index in [-0.39, 0.29) is 18.8 Å². The summed E-state index contributed by atoms with van der Waals surface area (Å²) in [5, 5.41) is 7.09. The van der Waals surface area contributed by atoms with Crippen molar-refractivity contribution in [2.45, 2.75) is 13.5 Å².